The number of piperazine rings is 1. The average molecular weight is 755 g/mol. The Hall–Kier alpha value is -3.15. The standard InChI is InChI=1S/C34H42BrClN9O2P/c1-43-21-22(19-39-43)26-17-29(41-34-38-20-27(35)33(42-34)40-28-7-4-23(36)16-32(28)48(2,3)46)31(47-25-5-6-25)18-30(26)45-12-8-24(9-13-45)44-14-10-37-11-15-44/h4,7,16-21,24-25,37H,5-6,8-15H2,1-3H3,(H2,38,40,41,42). The first-order valence-corrected chi connectivity index (χ1v) is 20.3. The monoisotopic (exact) mass is 753 g/mol. The molecule has 0 radical (unpaired) electrons. The molecule has 7 rings (SSSR count). The molecule has 4 aromatic rings. The van der Waals surface area contributed by atoms with Gasteiger partial charge in [-0.15, -0.1) is 0 Å². The van der Waals surface area contributed by atoms with E-state index in [0.29, 0.717) is 38.3 Å². The number of benzene rings is 2. The van der Waals surface area contributed by atoms with Gasteiger partial charge in [0.25, 0.3) is 0 Å². The van der Waals surface area contributed by atoms with E-state index in [-0.39, 0.29) is 6.10 Å². The second-order valence-electron chi connectivity index (χ2n) is 13.2. The number of aryl methyl sites for hydroxylation is 1. The lowest BCUT2D eigenvalue weighted by atomic mass is 9.98. The first-order chi connectivity index (χ1) is 23.1. The van der Waals surface area contributed by atoms with Gasteiger partial charge < -0.3 is 30.2 Å². The number of hydrogen-bond donors (Lipinski definition) is 3. The van der Waals surface area contributed by atoms with Crippen molar-refractivity contribution in [1.29, 1.82) is 0 Å². The van der Waals surface area contributed by atoms with E-state index in [1.54, 1.807) is 31.7 Å². The van der Waals surface area contributed by atoms with Crippen LogP contribution in [0.2, 0.25) is 5.02 Å². The highest BCUT2D eigenvalue weighted by atomic mass is 79.9. The number of anilines is 5. The van der Waals surface area contributed by atoms with Gasteiger partial charge in [0, 0.05) is 98.0 Å². The summed E-state index contributed by atoms with van der Waals surface area (Å²) in [5.74, 6) is 1.71. The van der Waals surface area contributed by atoms with Crippen LogP contribution in [0.25, 0.3) is 11.1 Å². The van der Waals surface area contributed by atoms with Crippen molar-refractivity contribution in [2.24, 2.45) is 7.05 Å². The zero-order valence-electron chi connectivity index (χ0n) is 27.5. The van der Waals surface area contributed by atoms with Crippen molar-refractivity contribution in [3.8, 4) is 16.9 Å². The zero-order valence-corrected chi connectivity index (χ0v) is 30.8. The Morgan fingerprint density at radius 2 is 1.77 bits per heavy atom. The molecule has 0 unspecified atom stereocenters. The van der Waals surface area contributed by atoms with Crippen molar-refractivity contribution in [3.05, 3.63) is 58.4 Å². The summed E-state index contributed by atoms with van der Waals surface area (Å²) in [6.45, 7) is 9.82. The number of ether oxygens (including phenoxy) is 1. The average Bonchev–Trinajstić information content (AvgIpc) is 3.79. The largest absolute Gasteiger partial charge is 0.488 e. The van der Waals surface area contributed by atoms with Crippen LogP contribution >= 0.6 is 34.7 Å². The van der Waals surface area contributed by atoms with Gasteiger partial charge >= 0.3 is 0 Å². The lowest BCUT2D eigenvalue weighted by Gasteiger charge is -2.41. The van der Waals surface area contributed by atoms with Gasteiger partial charge in [0.1, 0.15) is 18.7 Å². The van der Waals surface area contributed by atoms with Gasteiger partial charge in [-0.05, 0) is 79.2 Å². The Bertz CT molecular complexity index is 1830. The van der Waals surface area contributed by atoms with Crippen LogP contribution in [0.3, 0.4) is 0 Å². The second-order valence-corrected chi connectivity index (χ2v) is 17.7. The third-order valence-corrected chi connectivity index (χ3v) is 11.5. The number of nitrogens with zero attached hydrogens (tertiary/aromatic N) is 6. The van der Waals surface area contributed by atoms with Crippen LogP contribution < -0.4 is 30.9 Å². The fourth-order valence-corrected chi connectivity index (χ4v) is 8.22. The van der Waals surface area contributed by atoms with Gasteiger partial charge in [0.05, 0.1) is 28.1 Å². The summed E-state index contributed by atoms with van der Waals surface area (Å²) >= 11 is 9.86. The predicted octanol–water partition coefficient (Wildman–Crippen LogP) is 6.44. The molecule has 11 nitrogen and oxygen atoms in total. The molecule has 0 amide bonds. The molecular weight excluding hydrogens is 713 g/mol. The quantitative estimate of drug-likeness (QED) is 0.157. The topological polar surface area (TPSA) is 112 Å². The molecule has 2 aromatic heterocycles. The molecule has 254 valence electrons. The summed E-state index contributed by atoms with van der Waals surface area (Å²) in [5, 5.41) is 16.0. The Morgan fingerprint density at radius 3 is 2.46 bits per heavy atom. The predicted molar refractivity (Wildman–Crippen MR) is 199 cm³/mol. The maximum Gasteiger partial charge on any atom is 0.229 e. The van der Waals surface area contributed by atoms with Gasteiger partial charge in [-0.25, -0.2) is 4.98 Å². The Balaban J connectivity index is 1.21. The molecule has 3 fully saturated rings. The van der Waals surface area contributed by atoms with Gasteiger partial charge in [0.2, 0.25) is 5.95 Å². The molecule has 0 bridgehead atoms. The third kappa shape index (κ3) is 7.68. The van der Waals surface area contributed by atoms with Crippen molar-refractivity contribution in [2.45, 2.75) is 37.8 Å². The molecule has 3 N–H and O–H groups in total. The van der Waals surface area contributed by atoms with Crippen LogP contribution in [0, 0.1) is 0 Å². The van der Waals surface area contributed by atoms with E-state index in [1.807, 2.05) is 24.0 Å². The summed E-state index contributed by atoms with van der Waals surface area (Å²) < 4.78 is 22.1. The summed E-state index contributed by atoms with van der Waals surface area (Å²) in [4.78, 5) is 14.6. The molecule has 1 aliphatic carbocycles. The van der Waals surface area contributed by atoms with Crippen molar-refractivity contribution < 1.29 is 9.30 Å². The molecule has 48 heavy (non-hydrogen) atoms. The molecule has 3 aliphatic rings. The van der Waals surface area contributed by atoms with E-state index in [1.165, 1.54) is 0 Å². The summed E-state index contributed by atoms with van der Waals surface area (Å²) in [6.07, 6.45) is 10.2. The molecule has 0 spiro atoms. The maximum absolute atomic E-state index is 13.1. The minimum atomic E-state index is -2.63. The molecule has 14 heteroatoms. The van der Waals surface area contributed by atoms with Crippen LogP contribution in [0.1, 0.15) is 25.7 Å². The van der Waals surface area contributed by atoms with E-state index in [0.717, 1.165) is 93.2 Å². The lowest BCUT2D eigenvalue weighted by Crippen LogP contribution is -2.52. The Kier molecular flexibility index (Phi) is 9.72. The Labute approximate surface area is 295 Å². The minimum Gasteiger partial charge on any atom is -0.488 e. The molecule has 2 aliphatic heterocycles. The highest BCUT2D eigenvalue weighted by Crippen LogP contribution is 2.44. The first kappa shape index (κ1) is 33.4. The molecule has 0 atom stereocenters. The number of rotatable bonds is 10. The molecule has 2 aromatic carbocycles. The number of nitrogens with one attached hydrogen (secondary N) is 3. The van der Waals surface area contributed by atoms with E-state index in [4.69, 9.17) is 21.3 Å². The van der Waals surface area contributed by atoms with Crippen LogP contribution in [-0.2, 0) is 11.6 Å². The summed E-state index contributed by atoms with van der Waals surface area (Å²) in [5.41, 5.74) is 4.74. The minimum absolute atomic E-state index is 0.200. The van der Waals surface area contributed by atoms with Gasteiger partial charge in [-0.3, -0.25) is 9.58 Å². The van der Waals surface area contributed by atoms with Crippen molar-refractivity contribution >= 4 is 68.8 Å². The smallest absolute Gasteiger partial charge is 0.229 e. The van der Waals surface area contributed by atoms with Crippen LogP contribution in [0.15, 0.2) is 53.4 Å². The van der Waals surface area contributed by atoms with Crippen molar-refractivity contribution in [3.63, 3.8) is 0 Å². The van der Waals surface area contributed by atoms with E-state index < -0.39 is 7.14 Å². The zero-order chi connectivity index (χ0) is 33.4. The molecule has 2 saturated heterocycles. The fourth-order valence-electron chi connectivity index (χ4n) is 6.52. The van der Waals surface area contributed by atoms with Gasteiger partial charge in [0.15, 0.2) is 0 Å². The number of piperidine rings is 1. The number of hydrogen-bond acceptors (Lipinski definition) is 10. The molecule has 1 saturated carbocycles. The normalized spacial score (nSPS) is 17.8. The van der Waals surface area contributed by atoms with Crippen LogP contribution in [-0.4, -0.2) is 89.4 Å². The summed E-state index contributed by atoms with van der Waals surface area (Å²) in [6, 6.07) is 10.3. The van der Waals surface area contributed by atoms with E-state index in [2.05, 4.69) is 70.1 Å². The van der Waals surface area contributed by atoms with Crippen molar-refractivity contribution in [1.82, 2.24) is 30.0 Å². The maximum atomic E-state index is 13.1. The van der Waals surface area contributed by atoms with Gasteiger partial charge in [-0.1, -0.05) is 11.6 Å². The highest BCUT2D eigenvalue weighted by molar-refractivity contribution is 9.10. The van der Waals surface area contributed by atoms with Crippen LogP contribution in [0.5, 0.6) is 5.75 Å². The summed E-state index contributed by atoms with van der Waals surface area (Å²) in [7, 11) is -0.687. The van der Waals surface area contributed by atoms with Crippen molar-refractivity contribution in [2.75, 3.05) is 68.1 Å². The first-order valence-electron chi connectivity index (χ1n) is 16.6. The number of aromatic nitrogens is 4. The van der Waals surface area contributed by atoms with E-state index in [9.17, 15) is 4.57 Å². The third-order valence-electron chi connectivity index (χ3n) is 9.19. The highest BCUT2D eigenvalue weighted by Gasteiger charge is 2.30. The fraction of sp³-hybridized carbons (Fsp3) is 0.441. The SMILES string of the molecule is Cn1cc(-c2cc(Nc3ncc(Br)c(Nc4ccc(Cl)cc4P(C)(C)=O)n3)c(OC3CC3)cc2N2CCC(N3CCNCC3)CC2)cn1. The molecular formula is C34H42BrClN9O2P. The molecule has 4 heterocycles. The lowest BCUT2D eigenvalue weighted by molar-refractivity contribution is 0.150. The van der Waals surface area contributed by atoms with Crippen LogP contribution in [0.4, 0.5) is 28.8 Å². The second kappa shape index (κ2) is 14.0. The van der Waals surface area contributed by atoms with Gasteiger partial charge in [-0.2, -0.15) is 10.1 Å². The Morgan fingerprint density at radius 1 is 1.00 bits per heavy atom. The number of halogens is 2. The van der Waals surface area contributed by atoms with E-state index >= 15 is 0 Å².